The van der Waals surface area contributed by atoms with E-state index in [1.807, 2.05) is 0 Å². The summed E-state index contributed by atoms with van der Waals surface area (Å²) in [5.74, 6) is -1.01. The molecule has 1 atom stereocenters. The van der Waals surface area contributed by atoms with Crippen LogP contribution in [0, 0.1) is 6.92 Å². The zero-order valence-corrected chi connectivity index (χ0v) is 24.5. The van der Waals surface area contributed by atoms with Crippen molar-refractivity contribution < 1.29 is 29.3 Å². The van der Waals surface area contributed by atoms with E-state index in [1.165, 1.54) is 64.2 Å². The average molecular weight is 551 g/mol. The molecule has 6 nitrogen and oxygen atoms in total. The van der Waals surface area contributed by atoms with Gasteiger partial charge in [-0.15, -0.1) is 0 Å². The van der Waals surface area contributed by atoms with E-state index < -0.39 is 11.9 Å². The van der Waals surface area contributed by atoms with Gasteiger partial charge in [0.05, 0.1) is 18.2 Å². The summed E-state index contributed by atoms with van der Waals surface area (Å²) in [5, 5.41) is 21.1. The highest BCUT2D eigenvalue weighted by molar-refractivity contribution is 6.16. The molecule has 0 heterocycles. The molecule has 2 N–H and O–H groups in total. The van der Waals surface area contributed by atoms with Gasteiger partial charge in [-0.3, -0.25) is 9.59 Å². The molecule has 3 rings (SSSR count). The predicted molar refractivity (Wildman–Crippen MR) is 158 cm³/mol. The van der Waals surface area contributed by atoms with Crippen molar-refractivity contribution in [1.82, 2.24) is 0 Å². The fourth-order valence-corrected chi connectivity index (χ4v) is 5.39. The van der Waals surface area contributed by atoms with E-state index in [0.717, 1.165) is 44.1 Å². The molecule has 2 aromatic rings. The Morgan fingerprint density at radius 3 is 1.98 bits per heavy atom. The molecular weight excluding hydrogens is 504 g/mol. The predicted octanol–water partition coefficient (Wildman–Crippen LogP) is 8.63. The Balaban J connectivity index is 1.46. The number of phenolic OH excluding ortho intramolecular Hbond substituents is 2. The maximum atomic E-state index is 13.2. The largest absolute Gasteiger partial charge is 0.507 e. The molecule has 0 saturated carbocycles. The molecular formula is C34H46O6. The summed E-state index contributed by atoms with van der Waals surface area (Å²) in [6.45, 7) is 4.05. The number of unbranched alkanes of at least 4 members (excludes halogenated alkanes) is 11. The molecule has 0 amide bonds. The van der Waals surface area contributed by atoms with Gasteiger partial charge in [0.1, 0.15) is 17.2 Å². The highest BCUT2D eigenvalue weighted by atomic mass is 16.5. The van der Waals surface area contributed by atoms with Crippen molar-refractivity contribution in [3.8, 4) is 17.2 Å². The average Bonchev–Trinajstić information content (AvgIpc) is 2.92. The number of hydrogen-bond donors (Lipinski definition) is 2. The molecule has 40 heavy (non-hydrogen) atoms. The lowest BCUT2D eigenvalue weighted by Gasteiger charge is -2.29. The summed E-state index contributed by atoms with van der Waals surface area (Å²) in [5.41, 5.74) is 1.58. The minimum absolute atomic E-state index is 0.0197. The van der Waals surface area contributed by atoms with E-state index >= 15 is 0 Å². The Labute approximate surface area is 239 Å². The number of phenols is 2. The Morgan fingerprint density at radius 1 is 0.800 bits per heavy atom. The second kappa shape index (κ2) is 16.1. The third-order valence-corrected chi connectivity index (χ3v) is 7.56. The minimum Gasteiger partial charge on any atom is -0.507 e. The number of aryl methyl sites for hydroxylation is 1. The van der Waals surface area contributed by atoms with Crippen LogP contribution in [0.15, 0.2) is 36.4 Å². The van der Waals surface area contributed by atoms with E-state index in [9.17, 15) is 19.8 Å². The van der Waals surface area contributed by atoms with E-state index in [4.69, 9.17) is 9.47 Å². The molecule has 218 valence electrons. The maximum absolute atomic E-state index is 13.2. The molecule has 0 aliphatic heterocycles. The van der Waals surface area contributed by atoms with Crippen LogP contribution < -0.4 is 4.74 Å². The lowest BCUT2D eigenvalue weighted by Crippen LogP contribution is -2.24. The summed E-state index contributed by atoms with van der Waals surface area (Å²) in [6, 6.07) is 6.19. The molecule has 0 radical (unpaired) electrons. The van der Waals surface area contributed by atoms with Crippen LogP contribution in [0.2, 0.25) is 0 Å². The van der Waals surface area contributed by atoms with Gasteiger partial charge in [0.2, 0.25) is 5.78 Å². The highest BCUT2D eigenvalue weighted by Crippen LogP contribution is 2.45. The van der Waals surface area contributed by atoms with Crippen molar-refractivity contribution in [2.75, 3.05) is 7.11 Å². The lowest BCUT2D eigenvalue weighted by molar-refractivity contribution is -0.147. The van der Waals surface area contributed by atoms with E-state index in [-0.39, 0.29) is 35.0 Å². The van der Waals surface area contributed by atoms with Crippen LogP contribution in [0.1, 0.15) is 136 Å². The number of carbonyl (C=O) groups excluding carboxylic acids is 2. The fourth-order valence-electron chi connectivity index (χ4n) is 5.39. The second-order valence-corrected chi connectivity index (χ2v) is 10.9. The number of methoxy groups -OCH3 is 1. The third kappa shape index (κ3) is 8.61. The Morgan fingerprint density at radius 2 is 1.35 bits per heavy atom. The summed E-state index contributed by atoms with van der Waals surface area (Å²) in [7, 11) is 1.46. The van der Waals surface area contributed by atoms with Gasteiger partial charge in [-0.25, -0.2) is 0 Å². The van der Waals surface area contributed by atoms with Gasteiger partial charge in [0, 0.05) is 23.6 Å². The Bertz CT molecular complexity index is 1170. The Hall–Kier alpha value is -3.28. The van der Waals surface area contributed by atoms with Crippen molar-refractivity contribution in [2.45, 2.75) is 110 Å². The third-order valence-electron chi connectivity index (χ3n) is 7.56. The van der Waals surface area contributed by atoms with Crippen LogP contribution >= 0.6 is 0 Å². The molecule has 0 fully saturated rings. The SMILES string of the molecule is CCCCCCCC/C=C/CCCCCCCC(=O)O[C@@H]1c2cc(C)cc(O)c2C(=O)c2c(O)cc(OC)cc21. The Kier molecular flexibility index (Phi) is 12.6. The molecule has 0 saturated heterocycles. The first-order valence-corrected chi connectivity index (χ1v) is 15.0. The summed E-state index contributed by atoms with van der Waals surface area (Å²) in [4.78, 5) is 26.1. The van der Waals surface area contributed by atoms with Crippen molar-refractivity contribution >= 4 is 11.8 Å². The van der Waals surface area contributed by atoms with E-state index in [1.54, 1.807) is 19.1 Å². The van der Waals surface area contributed by atoms with Crippen molar-refractivity contribution in [3.63, 3.8) is 0 Å². The highest BCUT2D eigenvalue weighted by Gasteiger charge is 2.38. The van der Waals surface area contributed by atoms with Crippen LogP contribution in [0.4, 0.5) is 0 Å². The standard InChI is InChI=1S/C34H46O6/c1-4-5-6-7-8-9-10-11-12-13-14-15-16-17-18-19-30(37)40-34-26-20-24(2)21-28(35)31(26)33(38)32-27(34)22-25(39-3)23-29(32)36/h11-12,20-23,34-36H,4-10,13-19H2,1-3H3/b12-11+/t34-/m1/s1. The van der Waals surface area contributed by atoms with Gasteiger partial charge in [0.25, 0.3) is 0 Å². The van der Waals surface area contributed by atoms with Gasteiger partial charge in [-0.05, 0) is 56.7 Å². The number of esters is 1. The maximum Gasteiger partial charge on any atom is 0.306 e. The van der Waals surface area contributed by atoms with Crippen LogP contribution in [0.3, 0.4) is 0 Å². The smallest absolute Gasteiger partial charge is 0.306 e. The first-order chi connectivity index (χ1) is 19.4. The minimum atomic E-state index is -0.926. The molecule has 6 heteroatoms. The second-order valence-electron chi connectivity index (χ2n) is 10.9. The van der Waals surface area contributed by atoms with Crippen molar-refractivity contribution in [2.24, 2.45) is 0 Å². The number of ketones is 1. The zero-order valence-electron chi connectivity index (χ0n) is 24.5. The van der Waals surface area contributed by atoms with Crippen LogP contribution in [-0.2, 0) is 9.53 Å². The van der Waals surface area contributed by atoms with Gasteiger partial charge in [-0.1, -0.05) is 76.5 Å². The van der Waals surface area contributed by atoms with Gasteiger partial charge >= 0.3 is 5.97 Å². The van der Waals surface area contributed by atoms with E-state index in [0.29, 0.717) is 16.9 Å². The number of aromatic hydroxyl groups is 2. The topological polar surface area (TPSA) is 93.1 Å². The molecule has 1 aliphatic rings. The number of rotatable bonds is 17. The van der Waals surface area contributed by atoms with Crippen molar-refractivity contribution in [3.05, 3.63) is 64.2 Å². The fraction of sp³-hybridized carbons (Fsp3) is 0.529. The quantitative estimate of drug-likeness (QED) is 0.116. The summed E-state index contributed by atoms with van der Waals surface area (Å²) in [6.07, 6.45) is 19.3. The first-order valence-electron chi connectivity index (χ1n) is 15.0. The number of ether oxygens (including phenoxy) is 2. The molecule has 0 spiro atoms. The number of benzene rings is 2. The number of carbonyl (C=O) groups is 2. The van der Waals surface area contributed by atoms with Gasteiger partial charge < -0.3 is 19.7 Å². The van der Waals surface area contributed by atoms with Gasteiger partial charge in [0.15, 0.2) is 6.10 Å². The molecule has 0 unspecified atom stereocenters. The summed E-state index contributed by atoms with van der Waals surface area (Å²) >= 11 is 0. The normalized spacial score (nSPS) is 14.3. The van der Waals surface area contributed by atoms with E-state index in [2.05, 4.69) is 19.1 Å². The van der Waals surface area contributed by atoms with Crippen LogP contribution in [-0.4, -0.2) is 29.1 Å². The molecule has 0 aromatic heterocycles. The number of fused-ring (bicyclic) bond motifs is 2. The lowest BCUT2D eigenvalue weighted by atomic mass is 9.81. The van der Waals surface area contributed by atoms with Crippen LogP contribution in [0.5, 0.6) is 17.2 Å². The van der Waals surface area contributed by atoms with Crippen LogP contribution in [0.25, 0.3) is 0 Å². The monoisotopic (exact) mass is 550 g/mol. The molecule has 1 aliphatic carbocycles. The number of allylic oxidation sites excluding steroid dienone is 2. The van der Waals surface area contributed by atoms with Crippen molar-refractivity contribution in [1.29, 1.82) is 0 Å². The summed E-state index contributed by atoms with van der Waals surface area (Å²) < 4.78 is 11.2. The molecule has 2 aromatic carbocycles. The van der Waals surface area contributed by atoms with Gasteiger partial charge in [-0.2, -0.15) is 0 Å². The first kappa shape index (κ1) is 31.3. The molecule has 0 bridgehead atoms. The number of hydrogen-bond acceptors (Lipinski definition) is 6. The zero-order chi connectivity index (χ0) is 28.9.